The maximum absolute atomic E-state index is 14.3. The minimum atomic E-state index is -1.27. The normalized spacial score (nSPS) is 12.2. The van der Waals surface area contributed by atoms with E-state index in [4.69, 9.17) is 14.2 Å². The predicted octanol–water partition coefficient (Wildman–Crippen LogP) is 8.39. The molecule has 0 aliphatic carbocycles. The van der Waals surface area contributed by atoms with Gasteiger partial charge in [-0.05, 0) is 103 Å². The minimum absolute atomic E-state index is 0.0576. The van der Waals surface area contributed by atoms with E-state index in [2.05, 4.69) is 10.2 Å². The number of carbonyl (C=O) groups excluding carboxylic acids is 3. The summed E-state index contributed by atoms with van der Waals surface area (Å²) in [5, 5.41) is 34.5. The van der Waals surface area contributed by atoms with Gasteiger partial charge in [-0.15, -0.1) is 10.1 Å². The van der Waals surface area contributed by atoms with Gasteiger partial charge in [-0.3, -0.25) is 9.59 Å². The van der Waals surface area contributed by atoms with Crippen LogP contribution in [0.1, 0.15) is 73.5 Å². The van der Waals surface area contributed by atoms with E-state index >= 15 is 0 Å². The summed E-state index contributed by atoms with van der Waals surface area (Å²) in [6.07, 6.45) is 0.604. The number of benzene rings is 4. The number of aliphatic hydroxyl groups is 2. The molecule has 0 fully saturated rings. The Labute approximate surface area is 358 Å². The third-order valence-corrected chi connectivity index (χ3v) is 9.72. The van der Waals surface area contributed by atoms with Crippen molar-refractivity contribution in [2.75, 3.05) is 25.6 Å². The molecule has 0 radical (unpaired) electrons. The van der Waals surface area contributed by atoms with Gasteiger partial charge in [-0.1, -0.05) is 68.4 Å². The summed E-state index contributed by atoms with van der Waals surface area (Å²) in [5.74, 6) is -2.05. The van der Waals surface area contributed by atoms with Gasteiger partial charge in [0.05, 0.1) is 50.2 Å². The zero-order valence-electron chi connectivity index (χ0n) is 34.7. The maximum atomic E-state index is 14.3. The standard InChI is InChI=1S/C47H50FN3O11/c1-31(2)45-44(47(56)49-36-14-8-5-9-15-36)43(33-12-6-4-7-13-33)46(34-18-20-35(48)21-19-34)50(45)25-24-37(52)29-38(53)30-42(55)62-39-22-16-32(28-40(39)59-3)17-23-41(54)60-26-10-11-27-61-51(57)58/h4-9,12-23,28,31,37-38,52-53H,10-11,24-27,29-30H2,1-3H3,(H,49,56). The topological polar surface area (TPSA) is 189 Å². The monoisotopic (exact) mass is 851 g/mol. The first kappa shape index (κ1) is 46.2. The minimum Gasteiger partial charge on any atom is -0.493 e. The largest absolute Gasteiger partial charge is 0.493 e. The fourth-order valence-electron chi connectivity index (χ4n) is 6.96. The van der Waals surface area contributed by atoms with Crippen molar-refractivity contribution >= 4 is 29.6 Å². The number of rotatable bonds is 22. The van der Waals surface area contributed by atoms with Crippen LogP contribution in [0.5, 0.6) is 11.5 Å². The average Bonchev–Trinajstić information content (AvgIpc) is 3.60. The van der Waals surface area contributed by atoms with E-state index in [1.807, 2.05) is 66.9 Å². The van der Waals surface area contributed by atoms with Crippen LogP contribution in [0.4, 0.5) is 10.1 Å². The van der Waals surface area contributed by atoms with Crippen LogP contribution in [0, 0.1) is 15.9 Å². The molecule has 1 amide bonds. The third kappa shape index (κ3) is 13.1. The molecule has 4 aromatic carbocycles. The molecule has 326 valence electrons. The molecule has 0 bridgehead atoms. The summed E-state index contributed by atoms with van der Waals surface area (Å²) in [4.78, 5) is 53.8. The van der Waals surface area contributed by atoms with Crippen molar-refractivity contribution in [3.63, 3.8) is 0 Å². The van der Waals surface area contributed by atoms with Gasteiger partial charge in [-0.25, -0.2) is 9.18 Å². The molecule has 0 aliphatic heterocycles. The first-order valence-corrected chi connectivity index (χ1v) is 20.2. The Kier molecular flexibility index (Phi) is 16.9. The number of hydrogen-bond acceptors (Lipinski definition) is 11. The van der Waals surface area contributed by atoms with Crippen molar-refractivity contribution in [3.05, 3.63) is 142 Å². The average molecular weight is 852 g/mol. The number of hydrogen-bond donors (Lipinski definition) is 3. The Bertz CT molecular complexity index is 2310. The first-order chi connectivity index (χ1) is 29.8. The molecule has 0 spiro atoms. The molecular formula is C47H50FN3O11. The van der Waals surface area contributed by atoms with Crippen LogP contribution in [0.15, 0.2) is 109 Å². The number of anilines is 1. The van der Waals surface area contributed by atoms with Crippen LogP contribution in [0.3, 0.4) is 0 Å². The van der Waals surface area contributed by atoms with Crippen LogP contribution in [0.2, 0.25) is 0 Å². The SMILES string of the molecule is COc1cc(C=CC(=O)OCCCCO[N+](=O)[O-])ccc1OC(=O)CC(O)CC(O)CCn1c(-c2ccc(F)cc2)c(-c2ccccc2)c(C(=O)Nc2ccccc2)c1C(C)C. The lowest BCUT2D eigenvalue weighted by atomic mass is 9.94. The number of methoxy groups -OCH3 is 1. The number of amides is 1. The molecule has 5 aromatic rings. The lowest BCUT2D eigenvalue weighted by Gasteiger charge is -2.20. The molecule has 0 saturated heterocycles. The van der Waals surface area contributed by atoms with Crippen molar-refractivity contribution in [2.45, 2.75) is 70.6 Å². The summed E-state index contributed by atoms with van der Waals surface area (Å²) in [6.45, 7) is 4.13. The molecule has 15 heteroatoms. The van der Waals surface area contributed by atoms with Gasteiger partial charge in [0.25, 0.3) is 11.0 Å². The number of esters is 2. The first-order valence-electron chi connectivity index (χ1n) is 20.2. The number of unbranched alkanes of at least 4 members (excludes halogenated alkanes) is 1. The van der Waals surface area contributed by atoms with Crippen molar-refractivity contribution in [1.82, 2.24) is 4.57 Å². The number of nitrogens with one attached hydrogen (secondary N) is 1. The van der Waals surface area contributed by atoms with E-state index in [1.165, 1.54) is 43.5 Å². The molecule has 3 N–H and O–H groups in total. The second kappa shape index (κ2) is 22.7. The Morgan fingerprint density at radius 1 is 0.871 bits per heavy atom. The van der Waals surface area contributed by atoms with E-state index in [0.717, 1.165) is 5.56 Å². The van der Waals surface area contributed by atoms with Crippen LogP contribution < -0.4 is 14.8 Å². The van der Waals surface area contributed by atoms with Crippen LogP contribution in [-0.2, 0) is 25.7 Å². The zero-order valence-corrected chi connectivity index (χ0v) is 34.7. The second-order valence-corrected chi connectivity index (χ2v) is 14.7. The zero-order chi connectivity index (χ0) is 44.6. The molecule has 62 heavy (non-hydrogen) atoms. The second-order valence-electron chi connectivity index (χ2n) is 14.7. The van der Waals surface area contributed by atoms with Gasteiger partial charge in [0.15, 0.2) is 11.5 Å². The van der Waals surface area contributed by atoms with Crippen LogP contribution >= 0.6 is 0 Å². The molecular weight excluding hydrogens is 802 g/mol. The maximum Gasteiger partial charge on any atom is 0.330 e. The van der Waals surface area contributed by atoms with Gasteiger partial charge < -0.3 is 39.1 Å². The van der Waals surface area contributed by atoms with Crippen molar-refractivity contribution < 1.29 is 53.1 Å². The highest BCUT2D eigenvalue weighted by atomic mass is 19.1. The van der Waals surface area contributed by atoms with E-state index < -0.39 is 41.5 Å². The number of aliphatic hydroxyl groups excluding tert-OH is 2. The lowest BCUT2D eigenvalue weighted by Crippen LogP contribution is -2.24. The van der Waals surface area contributed by atoms with Gasteiger partial charge in [0.1, 0.15) is 5.82 Å². The number of carbonyl (C=O) groups is 3. The number of halogens is 1. The summed E-state index contributed by atoms with van der Waals surface area (Å²) in [5.41, 5.74) is 5.06. The van der Waals surface area contributed by atoms with E-state index in [9.17, 15) is 39.1 Å². The van der Waals surface area contributed by atoms with Crippen molar-refractivity contribution in [1.29, 1.82) is 0 Å². The number of ether oxygens (including phenoxy) is 3. The van der Waals surface area contributed by atoms with Crippen LogP contribution in [-0.4, -0.2) is 70.2 Å². The molecule has 0 saturated carbocycles. The summed E-state index contributed by atoms with van der Waals surface area (Å²) in [6, 6.07) is 29.2. The van der Waals surface area contributed by atoms with E-state index in [0.29, 0.717) is 52.2 Å². The molecule has 14 nitrogen and oxygen atoms in total. The van der Waals surface area contributed by atoms with Crippen LogP contribution in [0.25, 0.3) is 28.5 Å². The molecule has 1 aromatic heterocycles. The highest BCUT2D eigenvalue weighted by Gasteiger charge is 2.31. The summed E-state index contributed by atoms with van der Waals surface area (Å²) < 4.78 is 32.2. The van der Waals surface area contributed by atoms with E-state index in [-0.39, 0.29) is 55.9 Å². The number of nitrogens with zero attached hydrogens (tertiary/aromatic N) is 2. The fraction of sp³-hybridized carbons (Fsp3) is 0.298. The van der Waals surface area contributed by atoms with Gasteiger partial charge >= 0.3 is 11.9 Å². The quantitative estimate of drug-likeness (QED) is 0.0152. The smallest absolute Gasteiger partial charge is 0.330 e. The molecule has 5 rings (SSSR count). The predicted molar refractivity (Wildman–Crippen MR) is 230 cm³/mol. The van der Waals surface area contributed by atoms with Gasteiger partial charge in [0, 0.05) is 29.6 Å². The number of para-hydroxylation sites is 1. The van der Waals surface area contributed by atoms with Crippen molar-refractivity contribution in [3.8, 4) is 33.9 Å². The molecule has 2 unspecified atom stereocenters. The molecule has 1 heterocycles. The molecule has 0 aliphatic rings. The highest BCUT2D eigenvalue weighted by molar-refractivity contribution is 6.12. The Balaban J connectivity index is 1.27. The Morgan fingerprint density at radius 3 is 2.21 bits per heavy atom. The molecule has 2 atom stereocenters. The number of aromatic nitrogens is 1. The fourth-order valence-corrected chi connectivity index (χ4v) is 6.96. The van der Waals surface area contributed by atoms with E-state index in [1.54, 1.807) is 30.3 Å². The summed E-state index contributed by atoms with van der Waals surface area (Å²) >= 11 is 0. The third-order valence-electron chi connectivity index (χ3n) is 9.72. The van der Waals surface area contributed by atoms with Gasteiger partial charge in [0.2, 0.25) is 0 Å². The Morgan fingerprint density at radius 2 is 1.55 bits per heavy atom. The highest BCUT2D eigenvalue weighted by Crippen LogP contribution is 2.43. The lowest BCUT2D eigenvalue weighted by molar-refractivity contribution is -0.757. The Hall–Kier alpha value is -6.84. The van der Waals surface area contributed by atoms with Gasteiger partial charge in [-0.2, -0.15) is 0 Å². The van der Waals surface area contributed by atoms with Crippen molar-refractivity contribution in [2.24, 2.45) is 0 Å². The summed E-state index contributed by atoms with van der Waals surface area (Å²) in [7, 11) is 1.38.